The van der Waals surface area contributed by atoms with Gasteiger partial charge in [-0.1, -0.05) is 31.9 Å². The first-order valence-corrected chi connectivity index (χ1v) is 6.43. The third-order valence-electron chi connectivity index (χ3n) is 1.27. The molecule has 0 saturated carbocycles. The van der Waals surface area contributed by atoms with Crippen LogP contribution in [0, 0.1) is 0 Å². The van der Waals surface area contributed by atoms with E-state index in [1.165, 1.54) is 5.41 Å². The SMILES string of the molecule is O=S1(=O)C=C(CBr)C(Br)C1. The molecular weight excluding hydrogens is 284 g/mol. The summed E-state index contributed by atoms with van der Waals surface area (Å²) in [5.41, 5.74) is 0.903. The summed E-state index contributed by atoms with van der Waals surface area (Å²) in [5, 5.41) is 1.96. The van der Waals surface area contributed by atoms with Gasteiger partial charge in [-0.2, -0.15) is 0 Å². The van der Waals surface area contributed by atoms with Crippen LogP contribution in [0.3, 0.4) is 0 Å². The van der Waals surface area contributed by atoms with Crippen LogP contribution in [0.1, 0.15) is 0 Å². The van der Waals surface area contributed by atoms with Crippen molar-refractivity contribution in [1.29, 1.82) is 0 Å². The Bertz CT molecular complexity index is 255. The second kappa shape index (κ2) is 2.95. The molecule has 1 heterocycles. The smallest absolute Gasteiger partial charge is 0.173 e. The third-order valence-corrected chi connectivity index (χ3v) is 4.71. The molecule has 10 heavy (non-hydrogen) atoms. The molecule has 1 aliphatic rings. The number of allylic oxidation sites excluding steroid dienone is 1. The first-order chi connectivity index (χ1) is 4.55. The Morgan fingerprint density at radius 3 is 2.50 bits per heavy atom. The van der Waals surface area contributed by atoms with Crippen LogP contribution in [0.5, 0.6) is 0 Å². The molecule has 0 saturated heterocycles. The summed E-state index contributed by atoms with van der Waals surface area (Å²) < 4.78 is 21.8. The van der Waals surface area contributed by atoms with Crippen LogP contribution in [0.2, 0.25) is 0 Å². The Balaban J connectivity index is 2.94. The normalized spacial score (nSPS) is 30.2. The van der Waals surface area contributed by atoms with Gasteiger partial charge in [0.1, 0.15) is 0 Å². The molecule has 1 unspecified atom stereocenters. The molecule has 0 amide bonds. The molecule has 0 aromatic heterocycles. The highest BCUT2D eigenvalue weighted by molar-refractivity contribution is 9.10. The van der Waals surface area contributed by atoms with Crippen molar-refractivity contribution in [2.75, 3.05) is 11.1 Å². The standard InChI is InChI=1S/C5H6Br2O2S/c6-1-4-2-10(8,9)3-5(4)7/h2,5H,1,3H2. The maximum Gasteiger partial charge on any atom is 0.173 e. The molecule has 5 heteroatoms. The average molecular weight is 290 g/mol. The predicted molar refractivity (Wildman–Crippen MR) is 48.4 cm³/mol. The molecule has 0 fully saturated rings. The summed E-state index contributed by atoms with van der Waals surface area (Å²) in [4.78, 5) is 0.0110. The quantitative estimate of drug-likeness (QED) is 0.685. The van der Waals surface area contributed by atoms with E-state index in [1.54, 1.807) is 0 Å². The Morgan fingerprint density at radius 2 is 2.30 bits per heavy atom. The summed E-state index contributed by atoms with van der Waals surface area (Å²) in [5.74, 6) is 0.202. The second-order valence-electron chi connectivity index (χ2n) is 2.12. The van der Waals surface area contributed by atoms with Crippen LogP contribution in [-0.4, -0.2) is 24.3 Å². The number of alkyl halides is 2. The van der Waals surface area contributed by atoms with Crippen molar-refractivity contribution in [3.05, 3.63) is 11.0 Å². The summed E-state index contributed by atoms with van der Waals surface area (Å²) in [7, 11) is -2.90. The lowest BCUT2D eigenvalue weighted by Gasteiger charge is -1.98. The molecule has 0 spiro atoms. The van der Waals surface area contributed by atoms with Crippen LogP contribution in [-0.2, 0) is 9.84 Å². The predicted octanol–water partition coefficient (Wildman–Crippen LogP) is 1.46. The fraction of sp³-hybridized carbons (Fsp3) is 0.600. The van der Waals surface area contributed by atoms with Crippen molar-refractivity contribution in [2.24, 2.45) is 0 Å². The molecular formula is C5H6Br2O2S. The zero-order chi connectivity index (χ0) is 7.78. The van der Waals surface area contributed by atoms with E-state index >= 15 is 0 Å². The molecule has 0 N–H and O–H groups in total. The molecule has 1 aliphatic heterocycles. The Hall–Kier alpha value is 0.650. The molecule has 0 bridgehead atoms. The topological polar surface area (TPSA) is 34.1 Å². The van der Waals surface area contributed by atoms with E-state index in [0.717, 1.165) is 5.57 Å². The van der Waals surface area contributed by atoms with Gasteiger partial charge < -0.3 is 0 Å². The first-order valence-electron chi connectivity index (χ1n) is 2.68. The lowest BCUT2D eigenvalue weighted by atomic mass is 10.3. The van der Waals surface area contributed by atoms with E-state index in [0.29, 0.717) is 5.33 Å². The van der Waals surface area contributed by atoms with E-state index in [4.69, 9.17) is 0 Å². The van der Waals surface area contributed by atoms with Crippen molar-refractivity contribution >= 4 is 41.7 Å². The van der Waals surface area contributed by atoms with E-state index in [-0.39, 0.29) is 10.6 Å². The number of halogens is 2. The number of rotatable bonds is 1. The Labute approximate surface area is 76.9 Å². The highest BCUT2D eigenvalue weighted by Crippen LogP contribution is 2.24. The van der Waals surface area contributed by atoms with Crippen molar-refractivity contribution in [2.45, 2.75) is 4.83 Å². The summed E-state index contributed by atoms with van der Waals surface area (Å²) in [6.07, 6.45) is 0. The second-order valence-corrected chi connectivity index (χ2v) is 5.68. The monoisotopic (exact) mass is 288 g/mol. The maximum absolute atomic E-state index is 10.9. The molecule has 1 atom stereocenters. The van der Waals surface area contributed by atoms with Crippen LogP contribution < -0.4 is 0 Å². The van der Waals surface area contributed by atoms with Crippen LogP contribution in [0.25, 0.3) is 0 Å². The summed E-state index contributed by atoms with van der Waals surface area (Å²) in [6, 6.07) is 0. The van der Waals surface area contributed by atoms with E-state index in [9.17, 15) is 8.42 Å². The van der Waals surface area contributed by atoms with Gasteiger partial charge in [-0.25, -0.2) is 8.42 Å². The lowest BCUT2D eigenvalue weighted by molar-refractivity contribution is 0.606. The van der Waals surface area contributed by atoms with Crippen LogP contribution in [0.4, 0.5) is 0 Å². The van der Waals surface area contributed by atoms with Gasteiger partial charge in [-0.05, 0) is 5.57 Å². The van der Waals surface area contributed by atoms with Gasteiger partial charge >= 0.3 is 0 Å². The minimum Gasteiger partial charge on any atom is -0.224 e. The van der Waals surface area contributed by atoms with Crippen molar-refractivity contribution < 1.29 is 8.42 Å². The summed E-state index contributed by atoms with van der Waals surface area (Å²) >= 11 is 6.47. The van der Waals surface area contributed by atoms with Gasteiger partial charge in [-0.15, -0.1) is 0 Å². The van der Waals surface area contributed by atoms with Crippen LogP contribution in [0.15, 0.2) is 11.0 Å². The number of hydrogen-bond acceptors (Lipinski definition) is 2. The fourth-order valence-corrected chi connectivity index (χ4v) is 4.98. The highest BCUT2D eigenvalue weighted by atomic mass is 79.9. The largest absolute Gasteiger partial charge is 0.224 e. The molecule has 0 radical (unpaired) electrons. The molecule has 0 aromatic carbocycles. The van der Waals surface area contributed by atoms with Crippen LogP contribution >= 0.6 is 31.9 Å². The maximum atomic E-state index is 10.9. The molecule has 2 nitrogen and oxygen atoms in total. The van der Waals surface area contributed by atoms with Crippen molar-refractivity contribution in [1.82, 2.24) is 0 Å². The number of hydrogen-bond donors (Lipinski definition) is 0. The van der Waals surface area contributed by atoms with Gasteiger partial charge in [0.15, 0.2) is 9.84 Å². The van der Waals surface area contributed by atoms with Crippen molar-refractivity contribution in [3.8, 4) is 0 Å². The van der Waals surface area contributed by atoms with E-state index < -0.39 is 9.84 Å². The molecule has 0 aliphatic carbocycles. The fourth-order valence-electron chi connectivity index (χ4n) is 0.779. The zero-order valence-electron chi connectivity index (χ0n) is 5.05. The lowest BCUT2D eigenvalue weighted by Crippen LogP contribution is -2.06. The van der Waals surface area contributed by atoms with Gasteiger partial charge in [-0.3, -0.25) is 0 Å². The minimum absolute atomic E-state index is 0.0110. The third kappa shape index (κ3) is 1.83. The Kier molecular flexibility index (Phi) is 2.58. The Morgan fingerprint density at radius 1 is 1.70 bits per heavy atom. The van der Waals surface area contributed by atoms with E-state index in [1.807, 2.05) is 0 Å². The van der Waals surface area contributed by atoms with E-state index in [2.05, 4.69) is 31.9 Å². The van der Waals surface area contributed by atoms with Gasteiger partial charge in [0.2, 0.25) is 0 Å². The molecule has 0 aromatic rings. The van der Waals surface area contributed by atoms with Gasteiger partial charge in [0, 0.05) is 10.7 Å². The summed E-state index contributed by atoms with van der Waals surface area (Å²) in [6.45, 7) is 0. The highest BCUT2D eigenvalue weighted by Gasteiger charge is 2.26. The minimum atomic E-state index is -2.90. The zero-order valence-corrected chi connectivity index (χ0v) is 9.04. The van der Waals surface area contributed by atoms with Crippen molar-refractivity contribution in [3.63, 3.8) is 0 Å². The first kappa shape index (κ1) is 8.74. The number of sulfone groups is 1. The van der Waals surface area contributed by atoms with Gasteiger partial charge in [0.05, 0.1) is 10.6 Å². The molecule has 1 rings (SSSR count). The molecule has 58 valence electrons. The van der Waals surface area contributed by atoms with Gasteiger partial charge in [0.25, 0.3) is 0 Å². The average Bonchev–Trinajstić information content (AvgIpc) is 2.05.